The molecule has 0 aliphatic heterocycles. The normalized spacial score (nSPS) is 10.8. The average Bonchev–Trinajstić information content (AvgIpc) is 2.89. The van der Waals surface area contributed by atoms with Gasteiger partial charge in [-0.15, -0.1) is 0 Å². The van der Waals surface area contributed by atoms with Crippen molar-refractivity contribution in [3.63, 3.8) is 0 Å². The van der Waals surface area contributed by atoms with Crippen molar-refractivity contribution < 1.29 is 4.74 Å². The summed E-state index contributed by atoms with van der Waals surface area (Å²) in [6, 6.07) is 8.01. The van der Waals surface area contributed by atoms with E-state index in [0.29, 0.717) is 6.61 Å². The van der Waals surface area contributed by atoms with Crippen LogP contribution in [0.5, 0.6) is 5.75 Å². The number of aryl methyl sites for hydroxylation is 1. The number of thiazole rings is 1. The molecule has 0 radical (unpaired) electrons. The molecule has 0 amide bonds. The molecule has 0 aliphatic rings. The van der Waals surface area contributed by atoms with Gasteiger partial charge in [-0.1, -0.05) is 11.3 Å². The van der Waals surface area contributed by atoms with Gasteiger partial charge in [-0.2, -0.15) is 0 Å². The third-order valence-electron chi connectivity index (χ3n) is 3.25. The van der Waals surface area contributed by atoms with Crippen molar-refractivity contribution in [2.45, 2.75) is 20.4 Å². The minimum Gasteiger partial charge on any atom is -0.494 e. The highest BCUT2D eigenvalue weighted by atomic mass is 32.1. The van der Waals surface area contributed by atoms with E-state index < -0.39 is 0 Å². The number of ether oxygens (including phenoxy) is 1. The van der Waals surface area contributed by atoms with Crippen LogP contribution in [0, 0.1) is 6.92 Å². The van der Waals surface area contributed by atoms with Gasteiger partial charge >= 0.3 is 0 Å². The highest BCUT2D eigenvalue weighted by molar-refractivity contribution is 7.22. The Morgan fingerprint density at radius 1 is 1.29 bits per heavy atom. The average molecular weight is 299 g/mol. The summed E-state index contributed by atoms with van der Waals surface area (Å²) >= 11 is 1.64. The van der Waals surface area contributed by atoms with Crippen LogP contribution in [-0.2, 0) is 6.54 Å². The van der Waals surface area contributed by atoms with Crippen molar-refractivity contribution in [1.29, 1.82) is 0 Å². The Balaban J connectivity index is 1.77. The standard InChI is InChI=1S/C16H17N3OS/c1-3-20-13-4-5-14-15(8-13)21-16(19-14)18-10-12-9-17-7-6-11(12)2/h4-9H,3,10H2,1-2H3,(H,18,19). The molecule has 0 atom stereocenters. The Morgan fingerprint density at radius 3 is 3.00 bits per heavy atom. The largest absolute Gasteiger partial charge is 0.494 e. The summed E-state index contributed by atoms with van der Waals surface area (Å²) in [6.45, 7) is 5.49. The van der Waals surface area contributed by atoms with Crippen molar-refractivity contribution >= 4 is 26.7 Å². The van der Waals surface area contributed by atoms with Gasteiger partial charge in [0.05, 0.1) is 16.8 Å². The molecule has 1 N–H and O–H groups in total. The first kappa shape index (κ1) is 13.8. The Hall–Kier alpha value is -2.14. The van der Waals surface area contributed by atoms with Crippen molar-refractivity contribution in [3.8, 4) is 5.75 Å². The fraction of sp³-hybridized carbons (Fsp3) is 0.250. The molecule has 1 aromatic carbocycles. The van der Waals surface area contributed by atoms with E-state index >= 15 is 0 Å². The number of hydrogen-bond acceptors (Lipinski definition) is 5. The highest BCUT2D eigenvalue weighted by Gasteiger charge is 2.06. The van der Waals surface area contributed by atoms with Crippen LogP contribution in [0.4, 0.5) is 5.13 Å². The second kappa shape index (κ2) is 6.10. The molecule has 3 rings (SSSR count). The molecule has 4 nitrogen and oxygen atoms in total. The van der Waals surface area contributed by atoms with Crippen LogP contribution in [0.3, 0.4) is 0 Å². The third kappa shape index (κ3) is 3.13. The van der Waals surface area contributed by atoms with Crippen molar-refractivity contribution in [1.82, 2.24) is 9.97 Å². The van der Waals surface area contributed by atoms with Crippen LogP contribution in [0.15, 0.2) is 36.7 Å². The molecule has 108 valence electrons. The van der Waals surface area contributed by atoms with Gasteiger partial charge in [-0.3, -0.25) is 4.98 Å². The number of nitrogens with zero attached hydrogens (tertiary/aromatic N) is 2. The van der Waals surface area contributed by atoms with Crippen LogP contribution in [0.2, 0.25) is 0 Å². The van der Waals surface area contributed by atoms with Gasteiger partial charge in [0, 0.05) is 18.9 Å². The van der Waals surface area contributed by atoms with E-state index in [4.69, 9.17) is 4.74 Å². The number of aromatic nitrogens is 2. The van der Waals surface area contributed by atoms with Crippen molar-refractivity contribution in [2.24, 2.45) is 0 Å². The smallest absolute Gasteiger partial charge is 0.184 e. The van der Waals surface area contributed by atoms with E-state index in [-0.39, 0.29) is 0 Å². The zero-order chi connectivity index (χ0) is 14.7. The van der Waals surface area contributed by atoms with Gasteiger partial charge in [0.15, 0.2) is 5.13 Å². The lowest BCUT2D eigenvalue weighted by molar-refractivity contribution is 0.341. The second-order valence-electron chi connectivity index (χ2n) is 4.74. The summed E-state index contributed by atoms with van der Waals surface area (Å²) in [5.41, 5.74) is 3.41. The lowest BCUT2D eigenvalue weighted by Gasteiger charge is -2.04. The SMILES string of the molecule is CCOc1ccc2nc(NCc3cnccc3C)sc2c1. The number of benzene rings is 1. The van der Waals surface area contributed by atoms with E-state index in [2.05, 4.69) is 22.2 Å². The van der Waals surface area contributed by atoms with Crippen LogP contribution in [0.25, 0.3) is 10.2 Å². The fourth-order valence-corrected chi connectivity index (χ4v) is 2.98. The molecule has 5 heteroatoms. The maximum Gasteiger partial charge on any atom is 0.184 e. The van der Waals surface area contributed by atoms with Crippen molar-refractivity contribution in [3.05, 3.63) is 47.8 Å². The van der Waals surface area contributed by atoms with Gasteiger partial charge in [-0.05, 0) is 49.2 Å². The molecule has 2 aromatic heterocycles. The minimum atomic E-state index is 0.676. The molecular weight excluding hydrogens is 282 g/mol. The molecular formula is C16H17N3OS. The predicted octanol–water partition coefficient (Wildman–Crippen LogP) is 4.01. The Bertz CT molecular complexity index is 754. The first-order chi connectivity index (χ1) is 10.3. The summed E-state index contributed by atoms with van der Waals surface area (Å²) in [5.74, 6) is 0.892. The number of rotatable bonds is 5. The van der Waals surface area contributed by atoms with E-state index in [9.17, 15) is 0 Å². The van der Waals surface area contributed by atoms with Gasteiger partial charge in [0.25, 0.3) is 0 Å². The predicted molar refractivity (Wildman–Crippen MR) is 87.1 cm³/mol. The Labute approximate surface area is 127 Å². The number of nitrogens with one attached hydrogen (secondary N) is 1. The van der Waals surface area contributed by atoms with E-state index in [1.807, 2.05) is 43.6 Å². The lowest BCUT2D eigenvalue weighted by Crippen LogP contribution is -2.01. The number of hydrogen-bond donors (Lipinski definition) is 1. The first-order valence-electron chi connectivity index (χ1n) is 6.93. The van der Waals surface area contributed by atoms with Crippen LogP contribution >= 0.6 is 11.3 Å². The highest BCUT2D eigenvalue weighted by Crippen LogP contribution is 2.29. The van der Waals surface area contributed by atoms with E-state index in [0.717, 1.165) is 27.6 Å². The zero-order valence-corrected chi connectivity index (χ0v) is 12.9. The molecule has 2 heterocycles. The molecule has 0 fully saturated rings. The molecule has 0 saturated carbocycles. The molecule has 0 spiro atoms. The van der Waals surface area contributed by atoms with E-state index in [1.54, 1.807) is 11.3 Å². The first-order valence-corrected chi connectivity index (χ1v) is 7.74. The van der Waals surface area contributed by atoms with Crippen LogP contribution < -0.4 is 10.1 Å². The fourth-order valence-electron chi connectivity index (χ4n) is 2.09. The van der Waals surface area contributed by atoms with Gasteiger partial charge in [-0.25, -0.2) is 4.98 Å². The van der Waals surface area contributed by atoms with E-state index in [1.165, 1.54) is 11.1 Å². The maximum atomic E-state index is 5.52. The van der Waals surface area contributed by atoms with Gasteiger partial charge < -0.3 is 10.1 Å². The quantitative estimate of drug-likeness (QED) is 0.773. The molecule has 0 aliphatic carbocycles. The lowest BCUT2D eigenvalue weighted by atomic mass is 10.2. The monoisotopic (exact) mass is 299 g/mol. The Morgan fingerprint density at radius 2 is 2.19 bits per heavy atom. The summed E-state index contributed by atoms with van der Waals surface area (Å²) in [7, 11) is 0. The van der Waals surface area contributed by atoms with Gasteiger partial charge in [0.1, 0.15) is 5.75 Å². The van der Waals surface area contributed by atoms with Crippen LogP contribution in [0.1, 0.15) is 18.1 Å². The molecule has 0 bridgehead atoms. The molecule has 3 aromatic rings. The van der Waals surface area contributed by atoms with Gasteiger partial charge in [0.2, 0.25) is 0 Å². The number of pyridine rings is 1. The summed E-state index contributed by atoms with van der Waals surface area (Å²) < 4.78 is 6.65. The summed E-state index contributed by atoms with van der Waals surface area (Å²) in [5, 5.41) is 4.29. The molecule has 0 unspecified atom stereocenters. The minimum absolute atomic E-state index is 0.676. The number of anilines is 1. The zero-order valence-electron chi connectivity index (χ0n) is 12.1. The summed E-state index contributed by atoms with van der Waals surface area (Å²) in [6.07, 6.45) is 3.70. The molecule has 21 heavy (non-hydrogen) atoms. The topological polar surface area (TPSA) is 47.0 Å². The Kier molecular flexibility index (Phi) is 4.01. The molecule has 0 saturated heterocycles. The summed E-state index contributed by atoms with van der Waals surface area (Å²) in [4.78, 5) is 8.75. The van der Waals surface area contributed by atoms with Crippen LogP contribution in [-0.4, -0.2) is 16.6 Å². The third-order valence-corrected chi connectivity index (χ3v) is 4.22. The second-order valence-corrected chi connectivity index (χ2v) is 5.77. The maximum absolute atomic E-state index is 5.52. The van der Waals surface area contributed by atoms with Crippen molar-refractivity contribution in [2.75, 3.05) is 11.9 Å². The number of fused-ring (bicyclic) bond motifs is 1.